The molecule has 2 amide bonds. The molecule has 0 unspecified atom stereocenters. The molecule has 0 bridgehead atoms. The summed E-state index contributed by atoms with van der Waals surface area (Å²) in [5, 5.41) is 0.183. The number of hydrogen-bond acceptors (Lipinski definition) is 4. The van der Waals surface area contributed by atoms with Gasteiger partial charge in [-0.05, 0) is 61.0 Å². The van der Waals surface area contributed by atoms with Gasteiger partial charge in [0.25, 0.3) is 11.8 Å². The summed E-state index contributed by atoms with van der Waals surface area (Å²) in [6, 6.07) is 17.1. The maximum Gasteiger partial charge on any atom is 0.270 e. The summed E-state index contributed by atoms with van der Waals surface area (Å²) in [6.07, 6.45) is 4.08. The van der Waals surface area contributed by atoms with Crippen LogP contribution in [0.1, 0.15) is 18.4 Å². The molecule has 0 radical (unpaired) electrons. The quantitative estimate of drug-likeness (QED) is 0.457. The van der Waals surface area contributed by atoms with E-state index in [1.54, 1.807) is 25.3 Å². The maximum atomic E-state index is 13.1. The number of para-hydroxylation sites is 1. The zero-order chi connectivity index (χ0) is 19.7. The van der Waals surface area contributed by atoms with Gasteiger partial charge in [0.15, 0.2) is 5.11 Å². The van der Waals surface area contributed by atoms with E-state index in [0.29, 0.717) is 5.69 Å². The molecule has 2 saturated heterocycles. The average Bonchev–Trinajstić information content (AvgIpc) is 3.26. The van der Waals surface area contributed by atoms with Crippen LogP contribution in [0.2, 0.25) is 0 Å². The minimum Gasteiger partial charge on any atom is -0.372 e. The fourth-order valence-electron chi connectivity index (χ4n) is 3.57. The van der Waals surface area contributed by atoms with Gasteiger partial charge >= 0.3 is 0 Å². The number of anilines is 2. The normalized spacial score (nSPS) is 19.1. The Morgan fingerprint density at radius 3 is 2.14 bits per heavy atom. The third-order valence-electron chi connectivity index (χ3n) is 5.14. The predicted octanol–water partition coefficient (Wildman–Crippen LogP) is 3.46. The topological polar surface area (TPSA) is 43.9 Å². The van der Waals surface area contributed by atoms with E-state index in [4.69, 9.17) is 12.2 Å². The van der Waals surface area contributed by atoms with Crippen molar-refractivity contribution in [1.82, 2.24) is 4.90 Å². The van der Waals surface area contributed by atoms with Crippen LogP contribution in [-0.2, 0) is 9.59 Å². The molecule has 142 valence electrons. The minimum absolute atomic E-state index is 0.105. The monoisotopic (exact) mass is 391 g/mol. The molecular weight excluding hydrogens is 370 g/mol. The first-order chi connectivity index (χ1) is 13.6. The van der Waals surface area contributed by atoms with Crippen molar-refractivity contribution in [3.63, 3.8) is 0 Å². The Hall–Kier alpha value is -2.99. The fraction of sp³-hybridized carbons (Fsp3) is 0.227. The molecule has 2 aliphatic heterocycles. The number of benzene rings is 2. The first-order valence-electron chi connectivity index (χ1n) is 9.34. The largest absolute Gasteiger partial charge is 0.372 e. The van der Waals surface area contributed by atoms with Crippen LogP contribution in [0.3, 0.4) is 0 Å². The van der Waals surface area contributed by atoms with E-state index >= 15 is 0 Å². The van der Waals surface area contributed by atoms with Gasteiger partial charge in [-0.25, -0.2) is 0 Å². The molecule has 2 aromatic rings. The highest BCUT2D eigenvalue weighted by Gasteiger charge is 2.38. The molecule has 6 heteroatoms. The second-order valence-electron chi connectivity index (χ2n) is 6.97. The number of rotatable bonds is 3. The number of carbonyl (C=O) groups excluding carboxylic acids is 2. The van der Waals surface area contributed by atoms with Gasteiger partial charge in [0.1, 0.15) is 5.57 Å². The van der Waals surface area contributed by atoms with Crippen molar-refractivity contribution in [2.45, 2.75) is 12.8 Å². The lowest BCUT2D eigenvalue weighted by atomic mass is 10.1. The van der Waals surface area contributed by atoms with Crippen molar-refractivity contribution in [1.29, 1.82) is 0 Å². The minimum atomic E-state index is -0.400. The lowest BCUT2D eigenvalue weighted by Crippen LogP contribution is -2.54. The van der Waals surface area contributed by atoms with Crippen LogP contribution in [0.4, 0.5) is 11.4 Å². The summed E-state index contributed by atoms with van der Waals surface area (Å²) >= 11 is 5.36. The Morgan fingerprint density at radius 2 is 1.50 bits per heavy atom. The van der Waals surface area contributed by atoms with Gasteiger partial charge in [-0.2, -0.15) is 0 Å². The molecule has 0 atom stereocenters. The molecule has 0 aliphatic carbocycles. The van der Waals surface area contributed by atoms with Crippen molar-refractivity contribution < 1.29 is 9.59 Å². The molecule has 5 nitrogen and oxygen atoms in total. The Balaban J connectivity index is 1.66. The highest BCUT2D eigenvalue weighted by atomic mass is 32.1. The molecule has 0 N–H and O–H groups in total. The molecule has 28 heavy (non-hydrogen) atoms. The Bertz CT molecular complexity index is 948. The third-order valence-corrected chi connectivity index (χ3v) is 5.59. The Kier molecular flexibility index (Phi) is 4.96. The van der Waals surface area contributed by atoms with Crippen molar-refractivity contribution in [2.24, 2.45) is 0 Å². The Labute approximate surface area is 169 Å². The van der Waals surface area contributed by atoms with Crippen molar-refractivity contribution in [3.8, 4) is 0 Å². The van der Waals surface area contributed by atoms with Crippen LogP contribution in [0, 0.1) is 0 Å². The SMILES string of the molecule is CN1C(=O)C(=Cc2ccc(N3CCCC3)cc2)C(=O)N(c2ccccc2)C1=S. The molecule has 0 spiro atoms. The van der Waals surface area contributed by atoms with E-state index in [0.717, 1.165) is 18.7 Å². The lowest BCUT2D eigenvalue weighted by molar-refractivity contribution is -0.127. The van der Waals surface area contributed by atoms with E-state index in [-0.39, 0.29) is 16.6 Å². The summed E-state index contributed by atoms with van der Waals surface area (Å²) in [5.74, 6) is -0.784. The van der Waals surface area contributed by atoms with Crippen molar-refractivity contribution in [3.05, 3.63) is 65.7 Å². The zero-order valence-corrected chi connectivity index (χ0v) is 16.5. The van der Waals surface area contributed by atoms with Crippen LogP contribution in [-0.4, -0.2) is 42.0 Å². The molecular formula is C22H21N3O2S. The summed E-state index contributed by atoms with van der Waals surface area (Å²) in [4.78, 5) is 30.9. The van der Waals surface area contributed by atoms with Gasteiger partial charge in [-0.15, -0.1) is 0 Å². The standard InChI is InChI=1S/C22H21N3O2S/c1-23-20(26)19(21(27)25(22(23)28)18-7-3-2-4-8-18)15-16-9-11-17(12-10-16)24-13-5-6-14-24/h2-4,7-12,15H,5-6,13-14H2,1H3. The number of amides is 2. The smallest absolute Gasteiger partial charge is 0.270 e. The third kappa shape index (κ3) is 3.31. The van der Waals surface area contributed by atoms with Gasteiger partial charge in [0, 0.05) is 25.8 Å². The van der Waals surface area contributed by atoms with Crippen LogP contribution >= 0.6 is 12.2 Å². The second kappa shape index (κ2) is 7.56. The summed E-state index contributed by atoms with van der Waals surface area (Å²) in [6.45, 7) is 2.15. The number of carbonyl (C=O) groups is 2. The van der Waals surface area contributed by atoms with Gasteiger partial charge in [0.05, 0.1) is 5.69 Å². The molecule has 0 aromatic heterocycles. The van der Waals surface area contributed by atoms with Crippen LogP contribution in [0.25, 0.3) is 6.08 Å². The Morgan fingerprint density at radius 1 is 0.857 bits per heavy atom. The van der Waals surface area contributed by atoms with E-state index < -0.39 is 5.91 Å². The zero-order valence-electron chi connectivity index (χ0n) is 15.7. The van der Waals surface area contributed by atoms with Gasteiger partial charge in [0.2, 0.25) is 0 Å². The first kappa shape index (κ1) is 18.4. The molecule has 2 aliphatic rings. The van der Waals surface area contributed by atoms with Crippen molar-refractivity contribution >= 4 is 46.6 Å². The fourth-order valence-corrected chi connectivity index (χ4v) is 3.84. The predicted molar refractivity (Wildman–Crippen MR) is 115 cm³/mol. The summed E-state index contributed by atoms with van der Waals surface area (Å²) < 4.78 is 0. The summed E-state index contributed by atoms with van der Waals surface area (Å²) in [7, 11) is 1.59. The molecule has 2 fully saturated rings. The molecule has 2 heterocycles. The van der Waals surface area contributed by atoms with Crippen molar-refractivity contribution in [2.75, 3.05) is 29.9 Å². The van der Waals surface area contributed by atoms with E-state index in [1.807, 2.05) is 42.5 Å². The van der Waals surface area contributed by atoms with E-state index in [1.165, 1.54) is 28.3 Å². The average molecular weight is 391 g/mol. The lowest BCUT2D eigenvalue weighted by Gasteiger charge is -2.34. The molecule has 2 aromatic carbocycles. The second-order valence-corrected chi connectivity index (χ2v) is 7.33. The van der Waals surface area contributed by atoms with Crippen LogP contribution in [0.5, 0.6) is 0 Å². The number of hydrogen-bond donors (Lipinski definition) is 0. The van der Waals surface area contributed by atoms with Gasteiger partial charge in [-0.1, -0.05) is 30.3 Å². The van der Waals surface area contributed by atoms with Gasteiger partial charge < -0.3 is 4.90 Å². The first-order valence-corrected chi connectivity index (χ1v) is 9.75. The molecule has 4 rings (SSSR count). The number of nitrogens with zero attached hydrogens (tertiary/aromatic N) is 3. The van der Waals surface area contributed by atoms with Crippen LogP contribution in [0.15, 0.2) is 60.2 Å². The number of thiocarbonyl (C=S) groups is 1. The van der Waals surface area contributed by atoms with E-state index in [2.05, 4.69) is 4.90 Å². The highest BCUT2D eigenvalue weighted by molar-refractivity contribution is 7.80. The van der Waals surface area contributed by atoms with E-state index in [9.17, 15) is 9.59 Å². The maximum absolute atomic E-state index is 13.1. The number of likely N-dealkylation sites (N-methyl/N-ethyl adjacent to an activating group) is 1. The van der Waals surface area contributed by atoms with Gasteiger partial charge in [-0.3, -0.25) is 19.4 Å². The highest BCUT2D eigenvalue weighted by Crippen LogP contribution is 2.26. The summed E-state index contributed by atoms with van der Waals surface area (Å²) in [5.41, 5.74) is 2.74. The molecule has 0 saturated carbocycles. The van der Waals surface area contributed by atoms with Crippen LogP contribution < -0.4 is 9.80 Å².